The van der Waals surface area contributed by atoms with Crippen LogP contribution in [0.2, 0.25) is 0 Å². The van der Waals surface area contributed by atoms with Gasteiger partial charge in [0.2, 0.25) is 0 Å². The monoisotopic (exact) mass is 374 g/mol. The van der Waals surface area contributed by atoms with Crippen LogP contribution in [0.25, 0.3) is 32.3 Å². The Morgan fingerprint density at radius 3 is 1.50 bits per heavy atom. The average molecular weight is 374 g/mol. The molecular weight excluding hydrogens is 355 g/mol. The molecule has 0 aliphatic heterocycles. The second-order valence-electron chi connectivity index (χ2n) is 5.91. The Labute approximate surface area is 149 Å². The summed E-state index contributed by atoms with van der Waals surface area (Å²) in [5, 5.41) is 24.8. The van der Waals surface area contributed by atoms with Gasteiger partial charge in [0, 0.05) is 0 Å². The summed E-state index contributed by atoms with van der Waals surface area (Å²) in [4.78, 5) is 16.1. The molecule has 1 atom stereocenters. The number of aliphatic hydroxyl groups excluding tert-OH is 2. The van der Waals surface area contributed by atoms with Gasteiger partial charge >= 0.3 is 7.82 Å². The molecule has 26 heavy (non-hydrogen) atoms. The molecule has 1 unspecified atom stereocenters. The van der Waals surface area contributed by atoms with Gasteiger partial charge in [-0.15, -0.1) is 0 Å². The first kappa shape index (κ1) is 18.7. The molecule has 0 radical (unpaired) electrons. The highest BCUT2D eigenvalue weighted by Gasteiger charge is 2.15. The quantitative estimate of drug-likeness (QED) is 0.323. The molecule has 7 heteroatoms. The van der Waals surface area contributed by atoms with Gasteiger partial charge < -0.3 is 20.0 Å². The Bertz CT molecular complexity index is 928. The van der Waals surface area contributed by atoms with E-state index in [9.17, 15) is 4.57 Å². The molecule has 4 aromatic carbocycles. The van der Waals surface area contributed by atoms with Crippen molar-refractivity contribution in [2.45, 2.75) is 6.10 Å². The lowest BCUT2D eigenvalue weighted by molar-refractivity contribution is 0.0419. The van der Waals surface area contributed by atoms with Crippen LogP contribution < -0.4 is 0 Å². The van der Waals surface area contributed by atoms with Crippen molar-refractivity contribution >= 4 is 40.1 Å². The second kappa shape index (κ2) is 7.68. The van der Waals surface area contributed by atoms with Crippen molar-refractivity contribution in [1.82, 2.24) is 0 Å². The van der Waals surface area contributed by atoms with Crippen molar-refractivity contribution in [3.05, 3.63) is 60.7 Å². The third kappa shape index (κ3) is 4.19. The maximum absolute atomic E-state index is 9.93. The Morgan fingerprint density at radius 1 is 0.808 bits per heavy atom. The van der Waals surface area contributed by atoms with E-state index in [2.05, 4.69) is 65.2 Å². The van der Waals surface area contributed by atoms with Crippen LogP contribution in [0.4, 0.5) is 0 Å². The standard InChI is InChI=1S/C16H10.C3H9O6P/c1-3-11-7-9-13-5-2-6-14-10-8-12(4-1)15(11)16(13)14;4-1-3(5)2-9-10(6,7)8/h1-10H;3-5H,1-2H2,(H2,6,7,8). The molecule has 0 fully saturated rings. The van der Waals surface area contributed by atoms with Crippen LogP contribution in [0.1, 0.15) is 0 Å². The van der Waals surface area contributed by atoms with E-state index in [1.807, 2.05) is 0 Å². The number of rotatable bonds is 4. The van der Waals surface area contributed by atoms with E-state index in [1.54, 1.807) is 0 Å². The third-order valence-electron chi connectivity index (χ3n) is 4.04. The molecule has 0 aliphatic carbocycles. The smallest absolute Gasteiger partial charge is 0.394 e. The molecule has 0 aliphatic rings. The van der Waals surface area contributed by atoms with Gasteiger partial charge in [0.1, 0.15) is 6.10 Å². The van der Waals surface area contributed by atoms with Gasteiger partial charge in [-0.3, -0.25) is 4.52 Å². The van der Waals surface area contributed by atoms with Gasteiger partial charge in [-0.25, -0.2) is 4.57 Å². The number of phosphoric ester groups is 1. The zero-order valence-corrected chi connectivity index (χ0v) is 14.7. The van der Waals surface area contributed by atoms with Crippen molar-refractivity contribution in [1.29, 1.82) is 0 Å². The maximum atomic E-state index is 9.93. The molecule has 0 amide bonds. The zero-order valence-electron chi connectivity index (χ0n) is 13.8. The number of aliphatic hydroxyl groups is 2. The lowest BCUT2D eigenvalue weighted by Gasteiger charge is -2.09. The Kier molecular flexibility index (Phi) is 5.53. The molecule has 0 saturated carbocycles. The lowest BCUT2D eigenvalue weighted by Crippen LogP contribution is -2.18. The molecule has 4 N–H and O–H groups in total. The summed E-state index contributed by atoms with van der Waals surface area (Å²) in [5.74, 6) is 0. The number of phosphoric acid groups is 1. The minimum absolute atomic E-state index is 0.569. The van der Waals surface area contributed by atoms with E-state index >= 15 is 0 Å². The molecule has 136 valence electrons. The fourth-order valence-electron chi connectivity index (χ4n) is 2.91. The van der Waals surface area contributed by atoms with E-state index in [1.165, 1.54) is 32.3 Å². The van der Waals surface area contributed by atoms with Crippen LogP contribution in [0.5, 0.6) is 0 Å². The predicted molar refractivity (Wildman–Crippen MR) is 101 cm³/mol. The van der Waals surface area contributed by atoms with Crippen LogP contribution in [0, 0.1) is 0 Å². The molecular formula is C19H19O6P. The van der Waals surface area contributed by atoms with Crippen molar-refractivity contribution in [3.63, 3.8) is 0 Å². The molecule has 0 bridgehead atoms. The molecule has 4 aromatic rings. The summed E-state index contributed by atoms with van der Waals surface area (Å²) in [7, 11) is -4.50. The fourth-order valence-corrected chi connectivity index (χ4v) is 3.27. The van der Waals surface area contributed by atoms with Crippen molar-refractivity contribution < 1.29 is 29.1 Å². The molecule has 4 rings (SSSR count). The maximum Gasteiger partial charge on any atom is 0.469 e. The highest BCUT2D eigenvalue weighted by molar-refractivity contribution is 7.46. The minimum atomic E-state index is -4.50. The summed E-state index contributed by atoms with van der Waals surface area (Å²) in [6.07, 6.45) is -1.24. The molecule has 0 spiro atoms. The number of hydrogen-bond donors (Lipinski definition) is 4. The number of benzene rings is 4. The molecule has 0 aromatic heterocycles. The van der Waals surface area contributed by atoms with Gasteiger partial charge in [0.25, 0.3) is 0 Å². The van der Waals surface area contributed by atoms with Crippen molar-refractivity contribution in [3.8, 4) is 0 Å². The predicted octanol–water partition coefficient (Wildman–Crippen LogP) is 3.03. The molecule has 0 heterocycles. The van der Waals surface area contributed by atoms with Crippen LogP contribution >= 0.6 is 7.82 Å². The van der Waals surface area contributed by atoms with E-state index in [-0.39, 0.29) is 0 Å². The third-order valence-corrected chi connectivity index (χ3v) is 4.52. The SMILES string of the molecule is O=P(O)(O)OCC(O)CO.c1cc2ccc3cccc4ccc(c1)c2c34. The summed E-state index contributed by atoms with van der Waals surface area (Å²) in [6.45, 7) is -1.15. The second-order valence-corrected chi connectivity index (χ2v) is 7.15. The fraction of sp³-hybridized carbons (Fsp3) is 0.158. The first-order chi connectivity index (χ1) is 12.4. The summed E-state index contributed by atoms with van der Waals surface area (Å²) >= 11 is 0. The van der Waals surface area contributed by atoms with Gasteiger partial charge in [-0.1, -0.05) is 60.7 Å². The van der Waals surface area contributed by atoms with Crippen molar-refractivity contribution in [2.75, 3.05) is 13.2 Å². The summed E-state index contributed by atoms with van der Waals surface area (Å²) in [6, 6.07) is 21.9. The van der Waals surface area contributed by atoms with Crippen LogP contribution in [-0.2, 0) is 9.09 Å². The number of hydrogen-bond acceptors (Lipinski definition) is 4. The van der Waals surface area contributed by atoms with Crippen LogP contribution in [-0.4, -0.2) is 39.3 Å². The van der Waals surface area contributed by atoms with Gasteiger partial charge in [-0.05, 0) is 32.3 Å². The van der Waals surface area contributed by atoms with Gasteiger partial charge in [-0.2, -0.15) is 0 Å². The minimum Gasteiger partial charge on any atom is -0.394 e. The van der Waals surface area contributed by atoms with E-state index < -0.39 is 27.1 Å². The first-order valence-corrected chi connectivity index (χ1v) is 9.53. The van der Waals surface area contributed by atoms with Gasteiger partial charge in [0.05, 0.1) is 13.2 Å². The zero-order chi connectivity index (χ0) is 18.7. The van der Waals surface area contributed by atoms with Crippen molar-refractivity contribution in [2.24, 2.45) is 0 Å². The summed E-state index contributed by atoms with van der Waals surface area (Å²) in [5.41, 5.74) is 0. The lowest BCUT2D eigenvalue weighted by atomic mass is 9.95. The largest absolute Gasteiger partial charge is 0.469 e. The Balaban J connectivity index is 0.000000172. The van der Waals surface area contributed by atoms with Gasteiger partial charge in [0.15, 0.2) is 0 Å². The van der Waals surface area contributed by atoms with E-state index in [0.29, 0.717) is 0 Å². The van der Waals surface area contributed by atoms with Crippen LogP contribution in [0.15, 0.2) is 60.7 Å². The highest BCUT2D eigenvalue weighted by Crippen LogP contribution is 2.35. The Hall–Kier alpha value is -2.05. The summed E-state index contributed by atoms with van der Waals surface area (Å²) < 4.78 is 13.8. The topological polar surface area (TPSA) is 107 Å². The first-order valence-electron chi connectivity index (χ1n) is 8.00. The molecule has 0 saturated heterocycles. The molecule has 6 nitrogen and oxygen atoms in total. The van der Waals surface area contributed by atoms with E-state index in [4.69, 9.17) is 20.0 Å². The normalized spacial score (nSPS) is 13.1. The Morgan fingerprint density at radius 2 is 1.19 bits per heavy atom. The van der Waals surface area contributed by atoms with Crippen LogP contribution in [0.3, 0.4) is 0 Å². The highest BCUT2D eigenvalue weighted by atomic mass is 31.2. The average Bonchev–Trinajstić information content (AvgIpc) is 2.64. The van der Waals surface area contributed by atoms with E-state index in [0.717, 1.165) is 0 Å².